The lowest BCUT2D eigenvalue weighted by atomic mass is 10.3. The molecule has 0 aliphatic carbocycles. The van der Waals surface area contributed by atoms with Gasteiger partial charge in [0.2, 0.25) is 0 Å². The van der Waals surface area contributed by atoms with Crippen molar-refractivity contribution in [3.8, 4) is 0 Å². The highest BCUT2D eigenvalue weighted by molar-refractivity contribution is 7.16. The molecule has 3 rings (SSSR count). The number of fused-ring (bicyclic) bond motifs is 1. The summed E-state index contributed by atoms with van der Waals surface area (Å²) in [5.74, 6) is 1.74. The summed E-state index contributed by atoms with van der Waals surface area (Å²) in [6, 6.07) is 2.06. The van der Waals surface area contributed by atoms with Crippen molar-refractivity contribution in [3.05, 3.63) is 35.0 Å². The zero-order valence-corrected chi connectivity index (χ0v) is 12.7. The second-order valence-electron chi connectivity index (χ2n) is 4.70. The number of rotatable bonds is 4. The second-order valence-corrected chi connectivity index (χ2v) is 5.60. The third-order valence-electron chi connectivity index (χ3n) is 3.37. The van der Waals surface area contributed by atoms with E-state index in [0.29, 0.717) is 6.54 Å². The largest absolute Gasteiger partial charge is 0.370 e. The number of hydrogen-bond donors (Lipinski definition) is 1. The first-order chi connectivity index (χ1) is 9.69. The smallest absolute Gasteiger partial charge is 0.152 e. The highest BCUT2D eigenvalue weighted by Crippen LogP contribution is 2.25. The monoisotopic (exact) mass is 287 g/mol. The Morgan fingerprint density at radius 2 is 2.15 bits per heavy atom. The van der Waals surface area contributed by atoms with Crippen molar-refractivity contribution in [2.24, 2.45) is 0 Å². The zero-order valence-electron chi connectivity index (χ0n) is 11.8. The Labute approximate surface area is 121 Å². The van der Waals surface area contributed by atoms with Gasteiger partial charge >= 0.3 is 0 Å². The van der Waals surface area contributed by atoms with Crippen LogP contribution in [0.4, 0.5) is 5.82 Å². The molecule has 0 aromatic carbocycles. The van der Waals surface area contributed by atoms with E-state index >= 15 is 0 Å². The summed E-state index contributed by atoms with van der Waals surface area (Å²) in [6.07, 6.45) is 1.85. The maximum absolute atomic E-state index is 4.64. The molecule has 0 atom stereocenters. The van der Waals surface area contributed by atoms with Crippen LogP contribution in [0.1, 0.15) is 24.1 Å². The van der Waals surface area contributed by atoms with Crippen LogP contribution in [0, 0.1) is 13.8 Å². The van der Waals surface area contributed by atoms with Crippen LogP contribution in [0.25, 0.3) is 10.2 Å². The van der Waals surface area contributed by atoms with Gasteiger partial charge in [0.05, 0.1) is 24.0 Å². The van der Waals surface area contributed by atoms with Crippen LogP contribution in [-0.2, 0) is 6.54 Å². The molecule has 104 valence electrons. The Hall–Kier alpha value is -1.95. The average molecular weight is 287 g/mol. The molecule has 0 saturated carbocycles. The molecule has 0 aliphatic heterocycles. The summed E-state index contributed by atoms with van der Waals surface area (Å²) in [4.78, 5) is 14.6. The maximum atomic E-state index is 4.64. The van der Waals surface area contributed by atoms with Crippen molar-refractivity contribution in [3.63, 3.8) is 0 Å². The zero-order chi connectivity index (χ0) is 14.1. The Morgan fingerprint density at radius 3 is 2.85 bits per heavy atom. The van der Waals surface area contributed by atoms with Crippen LogP contribution < -0.4 is 5.32 Å². The van der Waals surface area contributed by atoms with Crippen LogP contribution in [0.2, 0.25) is 0 Å². The molecule has 0 spiro atoms. The third kappa shape index (κ3) is 2.27. The van der Waals surface area contributed by atoms with E-state index in [0.717, 1.165) is 39.8 Å². The molecule has 0 unspecified atom stereocenters. The summed E-state index contributed by atoms with van der Waals surface area (Å²) in [6.45, 7) is 7.66. The molecular weight excluding hydrogens is 270 g/mol. The van der Waals surface area contributed by atoms with E-state index in [-0.39, 0.29) is 0 Å². The number of nitrogens with one attached hydrogen (secondary N) is 1. The predicted octanol–water partition coefficient (Wildman–Crippen LogP) is 2.98. The number of hydrogen-bond acceptors (Lipinski definition) is 5. The fourth-order valence-electron chi connectivity index (χ4n) is 2.13. The lowest BCUT2D eigenvalue weighted by Gasteiger charge is -2.08. The molecule has 0 fully saturated rings. The summed E-state index contributed by atoms with van der Waals surface area (Å²) in [5.41, 5.74) is 2.21. The predicted molar refractivity (Wildman–Crippen MR) is 82.4 cm³/mol. The normalized spacial score (nSPS) is 11.2. The van der Waals surface area contributed by atoms with Crippen LogP contribution in [0.5, 0.6) is 0 Å². The van der Waals surface area contributed by atoms with E-state index in [1.807, 2.05) is 13.3 Å². The quantitative estimate of drug-likeness (QED) is 0.801. The molecule has 1 N–H and O–H groups in total. The van der Waals surface area contributed by atoms with Gasteiger partial charge in [-0.1, -0.05) is 0 Å². The van der Waals surface area contributed by atoms with Gasteiger partial charge in [0.15, 0.2) is 5.82 Å². The number of thiophene rings is 1. The van der Waals surface area contributed by atoms with Crippen molar-refractivity contribution in [2.75, 3.05) is 11.9 Å². The average Bonchev–Trinajstić information content (AvgIpc) is 3.01. The second kappa shape index (κ2) is 5.20. The highest BCUT2D eigenvalue weighted by atomic mass is 32.1. The van der Waals surface area contributed by atoms with Crippen LogP contribution in [-0.4, -0.2) is 26.1 Å². The molecular formula is C14H17N5S. The fraction of sp³-hybridized carbons (Fsp3) is 0.357. The third-order valence-corrected chi connectivity index (χ3v) is 4.18. The van der Waals surface area contributed by atoms with E-state index in [9.17, 15) is 0 Å². The van der Waals surface area contributed by atoms with Crippen LogP contribution in [0.3, 0.4) is 0 Å². The molecule has 6 heteroatoms. The Bertz CT molecular complexity index is 743. The van der Waals surface area contributed by atoms with E-state index in [1.165, 1.54) is 0 Å². The first-order valence-electron chi connectivity index (χ1n) is 6.65. The fourth-order valence-corrected chi connectivity index (χ4v) is 2.91. The summed E-state index contributed by atoms with van der Waals surface area (Å²) in [7, 11) is 0. The van der Waals surface area contributed by atoms with Crippen LogP contribution >= 0.6 is 11.3 Å². The van der Waals surface area contributed by atoms with Gasteiger partial charge in [0.1, 0.15) is 10.6 Å². The van der Waals surface area contributed by atoms with Gasteiger partial charge in [-0.25, -0.2) is 15.0 Å². The molecule has 0 aliphatic rings. The molecule has 3 heterocycles. The van der Waals surface area contributed by atoms with Crippen molar-refractivity contribution >= 4 is 27.4 Å². The van der Waals surface area contributed by atoms with Crippen molar-refractivity contribution < 1.29 is 0 Å². The molecule has 3 aromatic heterocycles. The first kappa shape index (κ1) is 13.1. The van der Waals surface area contributed by atoms with Gasteiger partial charge in [-0.2, -0.15) is 0 Å². The van der Waals surface area contributed by atoms with E-state index < -0.39 is 0 Å². The summed E-state index contributed by atoms with van der Waals surface area (Å²) >= 11 is 1.65. The Morgan fingerprint density at radius 1 is 1.30 bits per heavy atom. The number of imidazole rings is 1. The molecule has 0 radical (unpaired) electrons. The topological polar surface area (TPSA) is 55.6 Å². The number of nitrogens with zero attached hydrogens (tertiary/aromatic N) is 4. The number of anilines is 1. The summed E-state index contributed by atoms with van der Waals surface area (Å²) in [5, 5.41) is 6.46. The first-order valence-corrected chi connectivity index (χ1v) is 7.53. The highest BCUT2D eigenvalue weighted by Gasteiger charge is 2.10. The standard InChI is InChI=1S/C14H17N5S/c1-4-15-13-11-5-6-20-14(11)18-12(17-13)7-19-8-16-9(2)10(19)3/h5-6,8H,4,7H2,1-3H3,(H,15,17,18). The molecule has 0 saturated heterocycles. The minimum atomic E-state index is 0.652. The summed E-state index contributed by atoms with van der Waals surface area (Å²) < 4.78 is 2.08. The van der Waals surface area contributed by atoms with Gasteiger partial charge < -0.3 is 9.88 Å². The van der Waals surface area contributed by atoms with E-state index in [4.69, 9.17) is 0 Å². The number of aromatic nitrogens is 4. The molecule has 0 amide bonds. The van der Waals surface area contributed by atoms with Gasteiger partial charge in [0, 0.05) is 12.2 Å². The maximum Gasteiger partial charge on any atom is 0.152 e. The van der Waals surface area contributed by atoms with E-state index in [2.05, 4.69) is 50.1 Å². The van der Waals surface area contributed by atoms with Crippen molar-refractivity contribution in [2.45, 2.75) is 27.3 Å². The van der Waals surface area contributed by atoms with Gasteiger partial charge in [-0.05, 0) is 32.2 Å². The molecule has 0 bridgehead atoms. The molecule has 5 nitrogen and oxygen atoms in total. The minimum Gasteiger partial charge on any atom is -0.370 e. The Balaban J connectivity index is 2.01. The SMILES string of the molecule is CCNc1nc(Cn2cnc(C)c2C)nc2sccc12. The van der Waals surface area contributed by atoms with Gasteiger partial charge in [0.25, 0.3) is 0 Å². The molecule has 3 aromatic rings. The van der Waals surface area contributed by atoms with E-state index in [1.54, 1.807) is 11.3 Å². The van der Waals surface area contributed by atoms with Crippen LogP contribution in [0.15, 0.2) is 17.8 Å². The van der Waals surface area contributed by atoms with Gasteiger partial charge in [-0.3, -0.25) is 0 Å². The van der Waals surface area contributed by atoms with Gasteiger partial charge in [-0.15, -0.1) is 11.3 Å². The van der Waals surface area contributed by atoms with Crippen molar-refractivity contribution in [1.82, 2.24) is 19.5 Å². The van der Waals surface area contributed by atoms with Crippen molar-refractivity contribution in [1.29, 1.82) is 0 Å². The lowest BCUT2D eigenvalue weighted by molar-refractivity contribution is 0.727. The lowest BCUT2D eigenvalue weighted by Crippen LogP contribution is -2.08. The Kier molecular flexibility index (Phi) is 3.40. The molecule has 20 heavy (non-hydrogen) atoms. The minimum absolute atomic E-state index is 0.652. The number of aryl methyl sites for hydroxylation is 1.